The van der Waals surface area contributed by atoms with Crippen molar-refractivity contribution in [3.63, 3.8) is 0 Å². The zero-order chi connectivity index (χ0) is 22.8. The minimum atomic E-state index is -1.23. The molecule has 10 heteroatoms. The number of hydroxylamine groups is 2. The first-order valence-corrected chi connectivity index (χ1v) is 10.5. The quantitative estimate of drug-likeness (QED) is 0.459. The number of aliphatic imine (C=N–C) groups is 1. The highest BCUT2D eigenvalue weighted by atomic mass is 32.2. The van der Waals surface area contributed by atoms with Gasteiger partial charge in [0.15, 0.2) is 0 Å². The highest BCUT2D eigenvalue weighted by molar-refractivity contribution is 8.00. The largest absolute Gasteiger partial charge is 0.480 e. The van der Waals surface area contributed by atoms with Crippen LogP contribution in [0.5, 0.6) is 0 Å². The van der Waals surface area contributed by atoms with Crippen LogP contribution in [0.2, 0.25) is 0 Å². The zero-order valence-electron chi connectivity index (χ0n) is 17.2. The van der Waals surface area contributed by atoms with Gasteiger partial charge in [-0.1, -0.05) is 48.6 Å². The number of allylic oxidation sites excluding steroid dienone is 2. The van der Waals surface area contributed by atoms with E-state index in [0.717, 1.165) is 5.56 Å². The van der Waals surface area contributed by atoms with E-state index in [-0.39, 0.29) is 17.9 Å². The number of carbonyl (C=O) groups is 3. The van der Waals surface area contributed by atoms with E-state index in [4.69, 9.17) is 4.84 Å². The van der Waals surface area contributed by atoms with Crippen LogP contribution < -0.4 is 5.32 Å². The lowest BCUT2D eigenvalue weighted by Gasteiger charge is -2.26. The molecule has 166 valence electrons. The van der Waals surface area contributed by atoms with Gasteiger partial charge in [-0.2, -0.15) is 0 Å². The molecule has 0 saturated carbocycles. The third-order valence-corrected chi connectivity index (χ3v) is 5.29. The normalized spacial score (nSPS) is 18.7. The van der Waals surface area contributed by atoms with Gasteiger partial charge >= 0.3 is 17.9 Å². The molecule has 0 radical (unpaired) electrons. The van der Waals surface area contributed by atoms with Crippen molar-refractivity contribution in [2.24, 2.45) is 4.99 Å². The predicted molar refractivity (Wildman–Crippen MR) is 118 cm³/mol. The van der Waals surface area contributed by atoms with Crippen LogP contribution in [0.4, 0.5) is 0 Å². The van der Waals surface area contributed by atoms with Crippen LogP contribution in [0, 0.1) is 0 Å². The standard InChI is InChI=1S/C21H25N3O6S/c1-24(2)30-16(25)11-7-6-10-15-13-31-19(23-17(15)20(26)27)18(21(28)29)22-12-14-8-4-3-5-9-14/h3-10,18-19,22H,11-13H2,1-2H3,(H,26,27)(H,28,29)/b7-6+,15-10+. The minimum absolute atomic E-state index is 0.0295. The first-order valence-electron chi connectivity index (χ1n) is 9.45. The topological polar surface area (TPSA) is 129 Å². The van der Waals surface area contributed by atoms with Crippen molar-refractivity contribution in [2.45, 2.75) is 24.4 Å². The van der Waals surface area contributed by atoms with E-state index in [9.17, 15) is 24.6 Å². The van der Waals surface area contributed by atoms with Crippen LogP contribution in [0.15, 0.2) is 59.1 Å². The Labute approximate surface area is 184 Å². The molecule has 2 atom stereocenters. The molecule has 1 aliphatic heterocycles. The Morgan fingerprint density at radius 1 is 1.29 bits per heavy atom. The fraction of sp³-hybridized carbons (Fsp3) is 0.333. The third kappa shape index (κ3) is 8.00. The van der Waals surface area contributed by atoms with E-state index < -0.39 is 29.3 Å². The van der Waals surface area contributed by atoms with Crippen LogP contribution in [0.3, 0.4) is 0 Å². The van der Waals surface area contributed by atoms with Crippen molar-refractivity contribution in [1.29, 1.82) is 0 Å². The summed E-state index contributed by atoms with van der Waals surface area (Å²) >= 11 is 1.24. The minimum Gasteiger partial charge on any atom is -0.480 e. The lowest BCUT2D eigenvalue weighted by molar-refractivity contribution is -0.177. The maximum atomic E-state index is 11.8. The maximum Gasteiger partial charge on any atom is 0.354 e. The van der Waals surface area contributed by atoms with E-state index in [1.165, 1.54) is 16.8 Å². The van der Waals surface area contributed by atoms with Crippen LogP contribution in [0.25, 0.3) is 0 Å². The van der Waals surface area contributed by atoms with Crippen LogP contribution in [-0.4, -0.2) is 70.2 Å². The average Bonchev–Trinajstić information content (AvgIpc) is 2.71. The molecule has 1 aromatic rings. The van der Waals surface area contributed by atoms with Crippen molar-refractivity contribution >= 4 is 35.4 Å². The monoisotopic (exact) mass is 447 g/mol. The second-order valence-corrected chi connectivity index (χ2v) is 7.87. The summed E-state index contributed by atoms with van der Waals surface area (Å²) < 4.78 is 0. The third-order valence-electron chi connectivity index (χ3n) is 4.10. The molecule has 9 nitrogen and oxygen atoms in total. The van der Waals surface area contributed by atoms with Crippen molar-refractivity contribution in [2.75, 3.05) is 19.8 Å². The molecular formula is C21H25N3O6S. The SMILES string of the molecule is CN(C)OC(=O)C/C=C/C=C1\CSC(C(NCc2ccccc2)C(=O)O)N=C1C(=O)O. The number of benzene rings is 1. The molecule has 1 aliphatic rings. The molecule has 0 fully saturated rings. The lowest BCUT2D eigenvalue weighted by Crippen LogP contribution is -2.45. The molecule has 0 amide bonds. The lowest BCUT2D eigenvalue weighted by atomic mass is 10.1. The molecule has 3 N–H and O–H groups in total. The number of thioether (sulfide) groups is 1. The van der Waals surface area contributed by atoms with Gasteiger partial charge in [0.2, 0.25) is 0 Å². The van der Waals surface area contributed by atoms with Crippen molar-refractivity contribution < 1.29 is 29.4 Å². The average molecular weight is 448 g/mol. The van der Waals surface area contributed by atoms with Crippen LogP contribution >= 0.6 is 11.8 Å². The second-order valence-electron chi connectivity index (χ2n) is 6.77. The van der Waals surface area contributed by atoms with Gasteiger partial charge in [-0.3, -0.25) is 19.9 Å². The first kappa shape index (κ1) is 24.3. The summed E-state index contributed by atoms with van der Waals surface area (Å²) in [5.41, 5.74) is 1.17. The Morgan fingerprint density at radius 3 is 2.61 bits per heavy atom. The summed E-state index contributed by atoms with van der Waals surface area (Å²) in [7, 11) is 3.18. The summed E-state index contributed by atoms with van der Waals surface area (Å²) in [6, 6.07) is 8.27. The molecule has 0 spiro atoms. The molecule has 2 unspecified atom stereocenters. The second kappa shape index (κ2) is 12.0. The van der Waals surface area contributed by atoms with Gasteiger partial charge in [-0.05, 0) is 11.1 Å². The van der Waals surface area contributed by atoms with Gasteiger partial charge in [0.25, 0.3) is 0 Å². The highest BCUT2D eigenvalue weighted by Crippen LogP contribution is 2.27. The van der Waals surface area contributed by atoms with Gasteiger partial charge in [0.1, 0.15) is 17.1 Å². The number of carboxylic acids is 2. The molecular weight excluding hydrogens is 422 g/mol. The van der Waals surface area contributed by atoms with E-state index in [1.54, 1.807) is 32.3 Å². The fourth-order valence-corrected chi connectivity index (χ4v) is 3.87. The number of hydrogen-bond donors (Lipinski definition) is 3. The Balaban J connectivity index is 2.09. The van der Waals surface area contributed by atoms with E-state index in [0.29, 0.717) is 12.1 Å². The van der Waals surface area contributed by atoms with Crippen LogP contribution in [-0.2, 0) is 25.8 Å². The van der Waals surface area contributed by atoms with Crippen molar-refractivity contribution in [3.05, 3.63) is 59.7 Å². The summed E-state index contributed by atoms with van der Waals surface area (Å²) in [6.45, 7) is 0.321. The van der Waals surface area contributed by atoms with E-state index in [1.807, 2.05) is 30.3 Å². The number of hydrogen-bond acceptors (Lipinski definition) is 8. The summed E-state index contributed by atoms with van der Waals surface area (Å²) in [5.74, 6) is -2.50. The smallest absolute Gasteiger partial charge is 0.354 e. The maximum absolute atomic E-state index is 11.8. The van der Waals surface area contributed by atoms with Crippen LogP contribution in [0.1, 0.15) is 12.0 Å². The molecule has 1 heterocycles. The van der Waals surface area contributed by atoms with Gasteiger partial charge in [0.05, 0.1) is 6.42 Å². The summed E-state index contributed by atoms with van der Waals surface area (Å²) in [5, 5.41) is 22.6. The molecule has 1 aromatic carbocycles. The van der Waals surface area contributed by atoms with Gasteiger partial charge in [-0.25, -0.2) is 4.79 Å². The Kier molecular flexibility index (Phi) is 9.44. The van der Waals surface area contributed by atoms with Gasteiger partial charge in [-0.15, -0.1) is 16.8 Å². The molecule has 2 rings (SSSR count). The molecule has 31 heavy (non-hydrogen) atoms. The van der Waals surface area contributed by atoms with Gasteiger partial charge in [0, 0.05) is 26.4 Å². The van der Waals surface area contributed by atoms with E-state index >= 15 is 0 Å². The number of carbonyl (C=O) groups excluding carboxylic acids is 1. The summed E-state index contributed by atoms with van der Waals surface area (Å²) in [6.07, 6.45) is 4.71. The van der Waals surface area contributed by atoms with Gasteiger partial charge < -0.3 is 15.1 Å². The number of nitrogens with one attached hydrogen (secondary N) is 1. The number of aliphatic carboxylic acids is 2. The molecule has 0 bridgehead atoms. The van der Waals surface area contributed by atoms with Crippen molar-refractivity contribution in [1.82, 2.24) is 10.4 Å². The first-order chi connectivity index (χ1) is 14.8. The Bertz CT molecular complexity index is 882. The number of nitrogens with zero attached hydrogens (tertiary/aromatic N) is 2. The Morgan fingerprint density at radius 2 is 2.00 bits per heavy atom. The molecule has 0 aliphatic carbocycles. The predicted octanol–water partition coefficient (Wildman–Crippen LogP) is 1.72. The molecule has 0 aromatic heterocycles. The highest BCUT2D eigenvalue weighted by Gasteiger charge is 2.33. The number of carboxylic acid groups (broad SMARTS) is 2. The Hall–Kier alpha value is -2.95. The van der Waals surface area contributed by atoms with E-state index in [2.05, 4.69) is 10.3 Å². The fourth-order valence-electron chi connectivity index (χ4n) is 2.70. The molecule has 0 saturated heterocycles. The van der Waals surface area contributed by atoms with Crippen molar-refractivity contribution in [3.8, 4) is 0 Å². The summed E-state index contributed by atoms with van der Waals surface area (Å²) in [4.78, 5) is 44.0. The zero-order valence-corrected chi connectivity index (χ0v) is 18.0. The number of rotatable bonds is 10.